The maximum Gasteiger partial charge on any atom is -0.0159 e. The van der Waals surface area contributed by atoms with E-state index in [1.807, 2.05) is 0 Å². The molecule has 12 heavy (non-hydrogen) atoms. The molecule has 1 aliphatic rings. The Balaban J connectivity index is 2.34. The van der Waals surface area contributed by atoms with Gasteiger partial charge in [0, 0.05) is 0 Å². The van der Waals surface area contributed by atoms with Crippen LogP contribution in [0.3, 0.4) is 0 Å². The molecule has 0 bridgehead atoms. The summed E-state index contributed by atoms with van der Waals surface area (Å²) < 4.78 is 0. The van der Waals surface area contributed by atoms with Gasteiger partial charge in [-0.1, -0.05) is 30.2 Å². The third-order valence-corrected chi connectivity index (χ3v) is 2.98. The maximum atomic E-state index is 2.36. The van der Waals surface area contributed by atoms with Crippen LogP contribution >= 0.6 is 0 Å². The van der Waals surface area contributed by atoms with Crippen LogP contribution in [0, 0.1) is 13.8 Å². The van der Waals surface area contributed by atoms with E-state index in [2.05, 4.69) is 32.0 Å². The van der Waals surface area contributed by atoms with Gasteiger partial charge in [0.25, 0.3) is 0 Å². The van der Waals surface area contributed by atoms with E-state index in [9.17, 15) is 0 Å². The van der Waals surface area contributed by atoms with E-state index in [0.717, 1.165) is 5.92 Å². The fraction of sp³-hybridized carbons (Fsp3) is 0.500. The van der Waals surface area contributed by atoms with Gasteiger partial charge in [0.05, 0.1) is 0 Å². The minimum absolute atomic E-state index is 0.880. The molecule has 64 valence electrons. The van der Waals surface area contributed by atoms with Gasteiger partial charge in [0.2, 0.25) is 0 Å². The third kappa shape index (κ3) is 1.26. The van der Waals surface area contributed by atoms with Crippen molar-refractivity contribution >= 4 is 0 Å². The highest BCUT2D eigenvalue weighted by molar-refractivity contribution is 5.34. The van der Waals surface area contributed by atoms with Gasteiger partial charge in [-0.2, -0.15) is 0 Å². The van der Waals surface area contributed by atoms with Crippen LogP contribution in [-0.2, 0) is 0 Å². The molecule has 0 spiro atoms. The smallest absolute Gasteiger partial charge is 0.0159 e. The van der Waals surface area contributed by atoms with Crippen LogP contribution in [0.4, 0.5) is 0 Å². The molecule has 0 amide bonds. The number of hydrogen-bond acceptors (Lipinski definition) is 0. The van der Waals surface area contributed by atoms with Gasteiger partial charge in [-0.25, -0.2) is 0 Å². The van der Waals surface area contributed by atoms with Crippen LogP contribution in [0.2, 0.25) is 0 Å². The summed E-state index contributed by atoms with van der Waals surface area (Å²) in [6.07, 6.45) is 4.24. The van der Waals surface area contributed by atoms with Crippen LogP contribution in [0.5, 0.6) is 0 Å². The molecule has 0 heteroatoms. The molecule has 0 unspecified atom stereocenters. The van der Waals surface area contributed by atoms with E-state index in [4.69, 9.17) is 0 Å². The van der Waals surface area contributed by atoms with Crippen molar-refractivity contribution in [1.82, 2.24) is 0 Å². The summed E-state index contributed by atoms with van der Waals surface area (Å²) in [6, 6.07) is 6.82. The Morgan fingerprint density at radius 2 is 1.92 bits per heavy atom. The molecule has 1 fully saturated rings. The Morgan fingerprint density at radius 3 is 2.50 bits per heavy atom. The van der Waals surface area contributed by atoms with Crippen molar-refractivity contribution in [3.8, 4) is 0 Å². The average Bonchev–Trinajstić information content (AvgIpc) is 1.93. The second kappa shape index (κ2) is 2.93. The average molecular weight is 160 g/mol. The molecule has 1 aliphatic carbocycles. The Morgan fingerprint density at radius 1 is 1.17 bits per heavy atom. The second-order valence-electron chi connectivity index (χ2n) is 3.99. The van der Waals surface area contributed by atoms with E-state index < -0.39 is 0 Å². The molecule has 1 saturated carbocycles. The van der Waals surface area contributed by atoms with E-state index >= 15 is 0 Å². The predicted molar refractivity (Wildman–Crippen MR) is 52.5 cm³/mol. The minimum atomic E-state index is 0.880. The quantitative estimate of drug-likeness (QED) is 0.589. The molecule has 0 N–H and O–H groups in total. The number of rotatable bonds is 1. The summed E-state index contributed by atoms with van der Waals surface area (Å²) in [5.74, 6) is 0.880. The summed E-state index contributed by atoms with van der Waals surface area (Å²) in [5, 5.41) is 0. The van der Waals surface area contributed by atoms with Gasteiger partial charge in [0.1, 0.15) is 0 Å². The van der Waals surface area contributed by atoms with Gasteiger partial charge < -0.3 is 0 Å². The van der Waals surface area contributed by atoms with Crippen molar-refractivity contribution in [3.05, 3.63) is 34.9 Å². The van der Waals surface area contributed by atoms with Crippen LogP contribution < -0.4 is 0 Å². The van der Waals surface area contributed by atoms with E-state index in [1.54, 1.807) is 5.56 Å². The lowest BCUT2D eigenvalue weighted by atomic mass is 9.78. The fourth-order valence-electron chi connectivity index (χ4n) is 1.92. The predicted octanol–water partition coefficient (Wildman–Crippen LogP) is 3.57. The summed E-state index contributed by atoms with van der Waals surface area (Å²) >= 11 is 0. The molecule has 0 aromatic heterocycles. The molecule has 0 heterocycles. The molecule has 0 atom stereocenters. The van der Waals surface area contributed by atoms with E-state index in [0.29, 0.717) is 0 Å². The van der Waals surface area contributed by atoms with Crippen molar-refractivity contribution in [2.75, 3.05) is 0 Å². The van der Waals surface area contributed by atoms with Crippen molar-refractivity contribution in [1.29, 1.82) is 0 Å². The minimum Gasteiger partial charge on any atom is -0.0590 e. The number of aryl methyl sites for hydroxylation is 2. The Bertz CT molecular complexity index is 282. The van der Waals surface area contributed by atoms with Crippen LogP contribution in [0.25, 0.3) is 0 Å². The van der Waals surface area contributed by atoms with Crippen LogP contribution in [0.1, 0.15) is 41.9 Å². The normalized spacial score (nSPS) is 17.5. The second-order valence-corrected chi connectivity index (χ2v) is 3.99. The van der Waals surface area contributed by atoms with Gasteiger partial charge in [-0.3, -0.25) is 0 Å². The van der Waals surface area contributed by atoms with Crippen LogP contribution in [0.15, 0.2) is 18.2 Å². The van der Waals surface area contributed by atoms with Crippen molar-refractivity contribution < 1.29 is 0 Å². The molecule has 2 rings (SSSR count). The fourth-order valence-corrected chi connectivity index (χ4v) is 1.92. The Labute approximate surface area is 74.6 Å². The van der Waals surface area contributed by atoms with Gasteiger partial charge in [0.15, 0.2) is 0 Å². The van der Waals surface area contributed by atoms with Crippen LogP contribution in [-0.4, -0.2) is 0 Å². The first-order chi connectivity index (χ1) is 5.77. The van der Waals surface area contributed by atoms with E-state index in [-0.39, 0.29) is 0 Å². The first kappa shape index (κ1) is 7.85. The number of benzene rings is 1. The van der Waals surface area contributed by atoms with E-state index in [1.165, 1.54) is 30.4 Å². The molecule has 1 aromatic rings. The largest absolute Gasteiger partial charge is 0.0590 e. The zero-order valence-electron chi connectivity index (χ0n) is 7.93. The highest BCUT2D eigenvalue weighted by Gasteiger charge is 2.20. The lowest BCUT2D eigenvalue weighted by Gasteiger charge is -2.27. The first-order valence-corrected chi connectivity index (χ1v) is 4.84. The Kier molecular flexibility index (Phi) is 1.92. The first-order valence-electron chi connectivity index (χ1n) is 4.84. The topological polar surface area (TPSA) is 0 Å². The van der Waals surface area contributed by atoms with Crippen molar-refractivity contribution in [3.63, 3.8) is 0 Å². The summed E-state index contributed by atoms with van der Waals surface area (Å²) in [4.78, 5) is 0. The standard InChI is InChI=1S/C12H16/c1-9-6-7-10(2)12(8-9)11-4-3-5-11/h6-8,11H,3-5H2,1-2H3. The summed E-state index contributed by atoms with van der Waals surface area (Å²) in [7, 11) is 0. The lowest BCUT2D eigenvalue weighted by molar-refractivity contribution is 0.418. The molecule has 0 aliphatic heterocycles. The lowest BCUT2D eigenvalue weighted by Crippen LogP contribution is -2.10. The third-order valence-electron chi connectivity index (χ3n) is 2.98. The van der Waals surface area contributed by atoms with Gasteiger partial charge in [-0.05, 0) is 43.7 Å². The highest BCUT2D eigenvalue weighted by atomic mass is 14.3. The summed E-state index contributed by atoms with van der Waals surface area (Å²) in [6.45, 7) is 4.41. The molecule has 0 saturated heterocycles. The zero-order valence-corrected chi connectivity index (χ0v) is 7.93. The Hall–Kier alpha value is -0.780. The number of hydrogen-bond donors (Lipinski definition) is 0. The van der Waals surface area contributed by atoms with Crippen molar-refractivity contribution in [2.45, 2.75) is 39.0 Å². The monoisotopic (exact) mass is 160 g/mol. The highest BCUT2D eigenvalue weighted by Crippen LogP contribution is 2.37. The van der Waals surface area contributed by atoms with Gasteiger partial charge >= 0.3 is 0 Å². The summed E-state index contributed by atoms with van der Waals surface area (Å²) in [5.41, 5.74) is 4.48. The SMILES string of the molecule is Cc1ccc(C)c(C2CCC2)c1. The van der Waals surface area contributed by atoms with Crippen molar-refractivity contribution in [2.24, 2.45) is 0 Å². The zero-order chi connectivity index (χ0) is 8.55. The maximum absolute atomic E-state index is 2.36. The molecule has 0 radical (unpaired) electrons. The molecular weight excluding hydrogens is 144 g/mol. The molecule has 1 aromatic carbocycles. The molecule has 0 nitrogen and oxygen atoms in total. The van der Waals surface area contributed by atoms with Gasteiger partial charge in [-0.15, -0.1) is 0 Å². The molecular formula is C12H16.